The summed E-state index contributed by atoms with van der Waals surface area (Å²) in [4.78, 5) is 2.56. The Morgan fingerprint density at radius 2 is 2.15 bits per heavy atom. The summed E-state index contributed by atoms with van der Waals surface area (Å²) in [5, 5.41) is 10.1. The van der Waals surface area contributed by atoms with Crippen LogP contribution in [0.5, 0.6) is 5.75 Å². The summed E-state index contributed by atoms with van der Waals surface area (Å²) < 4.78 is 0. The fourth-order valence-corrected chi connectivity index (χ4v) is 5.26. The SMILES string of the molecule is CN1CC[C@@]23CCCC[C@@H]2[C@@H]1Cc1cc(N)c(O)cc13. The van der Waals surface area contributed by atoms with Gasteiger partial charge in [0.25, 0.3) is 0 Å². The summed E-state index contributed by atoms with van der Waals surface area (Å²) >= 11 is 0. The highest BCUT2D eigenvalue weighted by Gasteiger charge is 2.53. The molecular formula is C17H24N2O. The van der Waals surface area contributed by atoms with Crippen molar-refractivity contribution in [2.45, 2.75) is 50.0 Å². The number of hydrogen-bond acceptors (Lipinski definition) is 3. The Balaban J connectivity index is 1.92. The highest BCUT2D eigenvalue weighted by atomic mass is 16.3. The van der Waals surface area contributed by atoms with E-state index in [2.05, 4.69) is 11.9 Å². The van der Waals surface area contributed by atoms with Crippen LogP contribution in [0.25, 0.3) is 0 Å². The molecule has 3 aliphatic rings. The average molecular weight is 272 g/mol. The Labute approximate surface area is 120 Å². The minimum absolute atomic E-state index is 0.278. The molecule has 3 nitrogen and oxygen atoms in total. The molecule has 2 aliphatic carbocycles. The zero-order valence-electron chi connectivity index (χ0n) is 12.2. The fraction of sp³-hybridized carbons (Fsp3) is 0.647. The quantitative estimate of drug-likeness (QED) is 0.564. The number of hydrogen-bond donors (Lipinski definition) is 2. The molecule has 3 N–H and O–H groups in total. The van der Waals surface area contributed by atoms with E-state index < -0.39 is 0 Å². The Morgan fingerprint density at radius 3 is 3.00 bits per heavy atom. The maximum atomic E-state index is 10.1. The Morgan fingerprint density at radius 1 is 1.30 bits per heavy atom. The molecule has 108 valence electrons. The van der Waals surface area contributed by atoms with E-state index in [1.165, 1.54) is 49.8 Å². The number of nitrogen functional groups attached to an aromatic ring is 1. The van der Waals surface area contributed by atoms with E-state index in [1.54, 1.807) is 0 Å². The van der Waals surface area contributed by atoms with Gasteiger partial charge in [0.2, 0.25) is 0 Å². The summed E-state index contributed by atoms with van der Waals surface area (Å²) in [5.74, 6) is 1.05. The van der Waals surface area contributed by atoms with Gasteiger partial charge < -0.3 is 15.7 Å². The molecule has 1 saturated heterocycles. The van der Waals surface area contributed by atoms with E-state index in [4.69, 9.17) is 5.73 Å². The molecule has 1 aliphatic heterocycles. The van der Waals surface area contributed by atoms with Crippen molar-refractivity contribution in [3.8, 4) is 5.75 Å². The zero-order valence-corrected chi connectivity index (χ0v) is 12.2. The number of piperidine rings is 1. The second-order valence-electron chi connectivity index (χ2n) is 7.08. The Hall–Kier alpha value is -1.22. The number of likely N-dealkylation sites (tertiary alicyclic amines) is 1. The first-order valence-electron chi connectivity index (χ1n) is 7.94. The third kappa shape index (κ3) is 1.50. The lowest BCUT2D eigenvalue weighted by atomic mass is 9.52. The normalized spacial score (nSPS) is 36.2. The van der Waals surface area contributed by atoms with Crippen LogP contribution < -0.4 is 5.73 Å². The molecule has 1 aromatic carbocycles. The van der Waals surface area contributed by atoms with Crippen LogP contribution in [0.2, 0.25) is 0 Å². The van der Waals surface area contributed by atoms with Crippen molar-refractivity contribution in [3.05, 3.63) is 23.3 Å². The molecule has 0 aromatic heterocycles. The van der Waals surface area contributed by atoms with Crippen LogP contribution in [0.3, 0.4) is 0 Å². The van der Waals surface area contributed by atoms with Crippen molar-refractivity contribution in [1.29, 1.82) is 0 Å². The van der Waals surface area contributed by atoms with Gasteiger partial charge in [-0.25, -0.2) is 0 Å². The molecule has 2 bridgehead atoms. The van der Waals surface area contributed by atoms with Crippen molar-refractivity contribution < 1.29 is 5.11 Å². The largest absolute Gasteiger partial charge is 0.506 e. The average Bonchev–Trinajstić information content (AvgIpc) is 2.45. The van der Waals surface area contributed by atoms with Crippen LogP contribution in [0.1, 0.15) is 43.2 Å². The minimum atomic E-state index is 0.278. The number of likely N-dealkylation sites (N-methyl/N-ethyl adjacent to an activating group) is 1. The van der Waals surface area contributed by atoms with Crippen LogP contribution in [-0.4, -0.2) is 29.6 Å². The van der Waals surface area contributed by atoms with Gasteiger partial charge in [-0.05, 0) is 68.5 Å². The molecule has 0 spiro atoms. The minimum Gasteiger partial charge on any atom is -0.506 e. The molecule has 3 atom stereocenters. The number of aromatic hydroxyl groups is 1. The second kappa shape index (κ2) is 4.14. The van der Waals surface area contributed by atoms with Crippen molar-refractivity contribution in [2.24, 2.45) is 5.92 Å². The molecule has 0 unspecified atom stereocenters. The lowest BCUT2D eigenvalue weighted by Gasteiger charge is -2.58. The Kier molecular flexibility index (Phi) is 2.59. The highest BCUT2D eigenvalue weighted by molar-refractivity contribution is 5.59. The number of phenols is 1. The van der Waals surface area contributed by atoms with E-state index in [0.717, 1.165) is 12.3 Å². The second-order valence-corrected chi connectivity index (χ2v) is 7.08. The molecule has 1 aromatic rings. The molecule has 3 heteroatoms. The van der Waals surface area contributed by atoms with Gasteiger partial charge in [-0.15, -0.1) is 0 Å². The first kappa shape index (κ1) is 12.5. The number of rotatable bonds is 0. The topological polar surface area (TPSA) is 49.5 Å². The van der Waals surface area contributed by atoms with Crippen LogP contribution >= 0.6 is 0 Å². The van der Waals surface area contributed by atoms with E-state index in [9.17, 15) is 5.11 Å². The van der Waals surface area contributed by atoms with Gasteiger partial charge in [0.15, 0.2) is 0 Å². The van der Waals surface area contributed by atoms with E-state index in [0.29, 0.717) is 17.1 Å². The van der Waals surface area contributed by atoms with Crippen LogP contribution in [0, 0.1) is 5.92 Å². The van der Waals surface area contributed by atoms with Gasteiger partial charge in [0.05, 0.1) is 5.69 Å². The molecule has 20 heavy (non-hydrogen) atoms. The molecule has 1 saturated carbocycles. The standard InChI is InChI=1S/C17H24N2O/c1-19-7-6-17-5-3-2-4-12(17)15(19)9-11-8-14(18)16(20)10-13(11)17/h8,10,12,15,20H,2-7,9,18H2,1H3/t12-,15+,17+/m1/s1. The van der Waals surface area contributed by atoms with Crippen molar-refractivity contribution in [2.75, 3.05) is 19.3 Å². The van der Waals surface area contributed by atoms with Gasteiger partial charge in [-0.3, -0.25) is 0 Å². The summed E-state index contributed by atoms with van der Waals surface area (Å²) in [7, 11) is 2.28. The van der Waals surface area contributed by atoms with Gasteiger partial charge in [-0.1, -0.05) is 12.8 Å². The number of benzene rings is 1. The van der Waals surface area contributed by atoms with Crippen LogP contribution in [0.15, 0.2) is 12.1 Å². The summed E-state index contributed by atoms with van der Waals surface area (Å²) in [6, 6.07) is 4.69. The lowest BCUT2D eigenvalue weighted by Crippen LogP contribution is -2.59. The van der Waals surface area contributed by atoms with Crippen LogP contribution in [-0.2, 0) is 11.8 Å². The number of nitrogens with two attached hydrogens (primary N) is 1. The molecule has 0 radical (unpaired) electrons. The van der Waals surface area contributed by atoms with Crippen molar-refractivity contribution in [3.63, 3.8) is 0 Å². The molecule has 2 fully saturated rings. The maximum Gasteiger partial charge on any atom is 0.138 e. The fourth-order valence-electron chi connectivity index (χ4n) is 5.26. The zero-order chi connectivity index (χ0) is 13.9. The van der Waals surface area contributed by atoms with Crippen molar-refractivity contribution in [1.82, 2.24) is 4.90 Å². The van der Waals surface area contributed by atoms with Crippen molar-refractivity contribution >= 4 is 5.69 Å². The maximum absolute atomic E-state index is 10.1. The smallest absolute Gasteiger partial charge is 0.138 e. The predicted octanol–water partition coefficient (Wildman–Crippen LogP) is 2.66. The van der Waals surface area contributed by atoms with E-state index >= 15 is 0 Å². The van der Waals surface area contributed by atoms with Gasteiger partial charge in [-0.2, -0.15) is 0 Å². The number of anilines is 1. The predicted molar refractivity (Wildman–Crippen MR) is 80.9 cm³/mol. The molecule has 1 heterocycles. The third-order valence-electron chi connectivity index (χ3n) is 6.26. The summed E-state index contributed by atoms with van der Waals surface area (Å²) in [6.45, 7) is 1.19. The highest BCUT2D eigenvalue weighted by Crippen LogP contribution is 2.56. The Bertz CT molecular complexity index is 556. The summed E-state index contributed by atoms with van der Waals surface area (Å²) in [5.41, 5.74) is 9.58. The van der Waals surface area contributed by atoms with Crippen LogP contribution in [0.4, 0.5) is 5.69 Å². The monoisotopic (exact) mass is 272 g/mol. The number of phenolic OH excluding ortho intramolecular Hbond substituents is 1. The molecule has 4 rings (SSSR count). The molecule has 0 amide bonds. The lowest BCUT2D eigenvalue weighted by molar-refractivity contribution is 0.00277. The van der Waals surface area contributed by atoms with Gasteiger partial charge in [0.1, 0.15) is 5.75 Å². The first-order valence-corrected chi connectivity index (χ1v) is 7.94. The summed E-state index contributed by atoms with van der Waals surface area (Å²) in [6.07, 6.45) is 7.67. The third-order valence-corrected chi connectivity index (χ3v) is 6.26. The first-order chi connectivity index (χ1) is 9.62. The number of nitrogens with zero attached hydrogens (tertiary/aromatic N) is 1. The van der Waals surface area contributed by atoms with Gasteiger partial charge in [0, 0.05) is 11.5 Å². The molecular weight excluding hydrogens is 248 g/mol. The number of fused-ring (bicyclic) bond motifs is 1. The van der Waals surface area contributed by atoms with E-state index in [-0.39, 0.29) is 5.75 Å². The van der Waals surface area contributed by atoms with E-state index in [1.807, 2.05) is 12.1 Å². The van der Waals surface area contributed by atoms with Gasteiger partial charge >= 0.3 is 0 Å².